The smallest absolute Gasteiger partial charge is 0.262 e. The number of rotatable bonds is 6. The minimum Gasteiger partial charge on any atom is -0.315 e. The zero-order valence-electron chi connectivity index (χ0n) is 13.6. The van der Waals surface area contributed by atoms with Crippen LogP contribution in [0.5, 0.6) is 0 Å². The molecule has 0 radical (unpaired) electrons. The molecule has 0 aromatic carbocycles. The van der Waals surface area contributed by atoms with E-state index in [4.69, 9.17) is 0 Å². The molecule has 2 aromatic rings. The summed E-state index contributed by atoms with van der Waals surface area (Å²) in [5, 5.41) is 4.21. The van der Waals surface area contributed by atoms with E-state index in [0.29, 0.717) is 5.92 Å². The van der Waals surface area contributed by atoms with Crippen molar-refractivity contribution in [3.8, 4) is 0 Å². The van der Waals surface area contributed by atoms with E-state index in [1.54, 1.807) is 22.2 Å². The minimum absolute atomic E-state index is 0.0833. The Bertz CT molecular complexity index is 672. The second-order valence-corrected chi connectivity index (χ2v) is 7.36. The van der Waals surface area contributed by atoms with Gasteiger partial charge in [-0.05, 0) is 45.2 Å². The fourth-order valence-electron chi connectivity index (χ4n) is 2.36. The van der Waals surface area contributed by atoms with Crippen molar-refractivity contribution in [2.45, 2.75) is 47.1 Å². The highest BCUT2D eigenvalue weighted by atomic mass is 32.1. The highest BCUT2D eigenvalue weighted by molar-refractivity contribution is 7.18. The van der Waals surface area contributed by atoms with Gasteiger partial charge < -0.3 is 5.32 Å². The van der Waals surface area contributed by atoms with E-state index in [0.717, 1.165) is 35.3 Å². The fraction of sp³-hybridized carbons (Fsp3) is 0.625. The summed E-state index contributed by atoms with van der Waals surface area (Å²) in [5.41, 5.74) is 1.15. The van der Waals surface area contributed by atoms with Crippen molar-refractivity contribution in [2.24, 2.45) is 5.92 Å². The Kier molecular flexibility index (Phi) is 5.17. The molecule has 1 unspecified atom stereocenters. The Morgan fingerprint density at radius 1 is 1.33 bits per heavy atom. The number of nitrogens with zero attached hydrogens (tertiary/aromatic N) is 2. The number of aryl methyl sites for hydroxylation is 2. The number of thiophene rings is 1. The topological polar surface area (TPSA) is 46.9 Å². The summed E-state index contributed by atoms with van der Waals surface area (Å²) in [6.45, 7) is 12.3. The van der Waals surface area contributed by atoms with Gasteiger partial charge in [-0.2, -0.15) is 0 Å². The van der Waals surface area contributed by atoms with Gasteiger partial charge >= 0.3 is 0 Å². The van der Waals surface area contributed by atoms with Crippen molar-refractivity contribution in [1.82, 2.24) is 14.9 Å². The molecule has 0 aliphatic heterocycles. The lowest BCUT2D eigenvalue weighted by Gasteiger charge is -2.16. The number of aromatic nitrogens is 2. The maximum absolute atomic E-state index is 12.6. The van der Waals surface area contributed by atoms with Crippen LogP contribution >= 0.6 is 11.3 Å². The van der Waals surface area contributed by atoms with Crippen LogP contribution in [-0.4, -0.2) is 22.6 Å². The van der Waals surface area contributed by atoms with Crippen molar-refractivity contribution in [1.29, 1.82) is 0 Å². The van der Waals surface area contributed by atoms with Gasteiger partial charge in [0.2, 0.25) is 0 Å². The molecular weight excluding hydrogens is 282 g/mol. The van der Waals surface area contributed by atoms with Crippen LogP contribution in [0.25, 0.3) is 10.2 Å². The van der Waals surface area contributed by atoms with Crippen LogP contribution in [0.1, 0.15) is 43.7 Å². The van der Waals surface area contributed by atoms with E-state index in [9.17, 15) is 4.79 Å². The van der Waals surface area contributed by atoms with Crippen molar-refractivity contribution in [3.05, 3.63) is 27.1 Å². The Balaban J connectivity index is 2.16. The van der Waals surface area contributed by atoms with E-state index < -0.39 is 0 Å². The first kappa shape index (κ1) is 16.2. The van der Waals surface area contributed by atoms with Crippen LogP contribution in [0, 0.1) is 19.8 Å². The summed E-state index contributed by atoms with van der Waals surface area (Å²) in [4.78, 5) is 19.1. The maximum atomic E-state index is 12.6. The summed E-state index contributed by atoms with van der Waals surface area (Å²) in [6.07, 6.45) is 2.84. The molecule has 0 saturated carbocycles. The number of hydrogen-bond donors (Lipinski definition) is 1. The summed E-state index contributed by atoms with van der Waals surface area (Å²) >= 11 is 1.60. The summed E-state index contributed by atoms with van der Waals surface area (Å²) in [6, 6.07) is 0.112. The van der Waals surface area contributed by atoms with Crippen LogP contribution < -0.4 is 10.9 Å². The lowest BCUT2D eigenvalue weighted by Crippen LogP contribution is -2.31. The largest absolute Gasteiger partial charge is 0.315 e. The highest BCUT2D eigenvalue weighted by Gasteiger charge is 2.14. The lowest BCUT2D eigenvalue weighted by atomic mass is 10.1. The average molecular weight is 307 g/mol. The van der Waals surface area contributed by atoms with Gasteiger partial charge in [-0.15, -0.1) is 11.3 Å². The van der Waals surface area contributed by atoms with Crippen LogP contribution in [0.15, 0.2) is 11.1 Å². The van der Waals surface area contributed by atoms with Crippen molar-refractivity contribution >= 4 is 21.6 Å². The first-order valence-corrected chi connectivity index (χ1v) is 8.41. The summed E-state index contributed by atoms with van der Waals surface area (Å²) < 4.78 is 1.75. The fourth-order valence-corrected chi connectivity index (χ4v) is 3.35. The van der Waals surface area contributed by atoms with Crippen LogP contribution in [0.4, 0.5) is 0 Å². The van der Waals surface area contributed by atoms with Gasteiger partial charge in [0.25, 0.3) is 5.56 Å². The molecule has 2 heterocycles. The van der Waals surface area contributed by atoms with Crippen molar-refractivity contribution < 1.29 is 0 Å². The minimum atomic E-state index is 0.0833. The molecule has 21 heavy (non-hydrogen) atoms. The van der Waals surface area contributed by atoms with Crippen LogP contribution in [0.2, 0.25) is 0 Å². The molecule has 0 aliphatic carbocycles. The van der Waals surface area contributed by atoms with Gasteiger partial charge in [0.15, 0.2) is 0 Å². The Morgan fingerprint density at radius 2 is 2.05 bits per heavy atom. The third-order valence-electron chi connectivity index (χ3n) is 3.93. The molecular formula is C16H25N3OS. The van der Waals surface area contributed by atoms with E-state index in [1.807, 2.05) is 13.8 Å². The highest BCUT2D eigenvalue weighted by Crippen LogP contribution is 2.25. The van der Waals surface area contributed by atoms with Gasteiger partial charge in [0, 0.05) is 17.5 Å². The predicted molar refractivity (Wildman–Crippen MR) is 90.4 cm³/mol. The molecule has 0 bridgehead atoms. The second-order valence-electron chi connectivity index (χ2n) is 6.16. The van der Waals surface area contributed by atoms with Gasteiger partial charge in [-0.1, -0.05) is 13.8 Å². The van der Waals surface area contributed by atoms with Crippen LogP contribution in [0.3, 0.4) is 0 Å². The zero-order valence-corrected chi connectivity index (χ0v) is 14.4. The Morgan fingerprint density at radius 3 is 2.71 bits per heavy atom. The number of fused-ring (bicyclic) bond motifs is 1. The zero-order chi connectivity index (χ0) is 15.6. The summed E-state index contributed by atoms with van der Waals surface area (Å²) in [5.74, 6) is 0.699. The Labute approximate surface area is 130 Å². The molecule has 2 rings (SSSR count). The van der Waals surface area contributed by atoms with E-state index in [-0.39, 0.29) is 11.6 Å². The SMILES string of the molecule is Cc1sc2ncn(C(C)CNCCC(C)C)c(=O)c2c1C. The van der Waals surface area contributed by atoms with Gasteiger partial charge in [-0.3, -0.25) is 9.36 Å². The second kappa shape index (κ2) is 6.71. The van der Waals surface area contributed by atoms with Crippen molar-refractivity contribution in [2.75, 3.05) is 13.1 Å². The summed E-state index contributed by atoms with van der Waals surface area (Å²) in [7, 11) is 0. The quantitative estimate of drug-likeness (QED) is 0.833. The molecule has 1 N–H and O–H groups in total. The van der Waals surface area contributed by atoms with Crippen LogP contribution in [-0.2, 0) is 0 Å². The van der Waals surface area contributed by atoms with E-state index in [1.165, 1.54) is 4.88 Å². The first-order chi connectivity index (χ1) is 9.91. The predicted octanol–water partition coefficient (Wildman–Crippen LogP) is 3.27. The molecule has 0 amide bonds. The molecule has 2 aromatic heterocycles. The van der Waals surface area contributed by atoms with E-state index in [2.05, 4.69) is 31.1 Å². The molecule has 116 valence electrons. The lowest BCUT2D eigenvalue weighted by molar-refractivity contribution is 0.457. The number of hydrogen-bond acceptors (Lipinski definition) is 4. The standard InChI is InChI=1S/C16H25N3OS/c1-10(2)6-7-17-8-11(3)19-9-18-15-14(16(19)20)12(4)13(5)21-15/h9-11,17H,6-8H2,1-5H3. The van der Waals surface area contributed by atoms with E-state index >= 15 is 0 Å². The van der Waals surface area contributed by atoms with Gasteiger partial charge in [0.05, 0.1) is 11.7 Å². The average Bonchev–Trinajstić information content (AvgIpc) is 2.71. The molecule has 0 fully saturated rings. The molecule has 0 saturated heterocycles. The first-order valence-electron chi connectivity index (χ1n) is 7.59. The third-order valence-corrected chi connectivity index (χ3v) is 5.04. The number of nitrogens with one attached hydrogen (secondary N) is 1. The van der Waals surface area contributed by atoms with Gasteiger partial charge in [0.1, 0.15) is 4.83 Å². The molecule has 5 heteroatoms. The molecule has 0 spiro atoms. The van der Waals surface area contributed by atoms with Gasteiger partial charge in [-0.25, -0.2) is 4.98 Å². The molecule has 0 aliphatic rings. The molecule has 1 atom stereocenters. The normalized spacial score (nSPS) is 13.2. The molecule has 4 nitrogen and oxygen atoms in total. The third kappa shape index (κ3) is 3.52. The Hall–Kier alpha value is -1.20. The maximum Gasteiger partial charge on any atom is 0.262 e. The monoisotopic (exact) mass is 307 g/mol. The van der Waals surface area contributed by atoms with Crippen molar-refractivity contribution in [3.63, 3.8) is 0 Å².